The monoisotopic (exact) mass is 361 g/mol. The number of aliphatic hydroxyl groups is 1. The Hall–Kier alpha value is -2.54. The number of hydrogen-bond donors (Lipinski definition) is 2. The predicted octanol–water partition coefficient (Wildman–Crippen LogP) is 5.40. The molecule has 0 radical (unpaired) electrons. The number of H-pyrrole nitrogens is 1. The molecule has 2 aliphatic carbocycles. The number of aromatic nitrogens is 2. The van der Waals surface area contributed by atoms with Gasteiger partial charge in [-0.1, -0.05) is 52.0 Å². The summed E-state index contributed by atoms with van der Waals surface area (Å²) in [7, 11) is 0. The van der Waals surface area contributed by atoms with Gasteiger partial charge in [-0.2, -0.15) is 5.26 Å². The van der Waals surface area contributed by atoms with Gasteiger partial charge < -0.3 is 10.1 Å². The number of rotatable bonds is 2. The molecule has 4 heteroatoms. The minimum Gasteiger partial charge on any atom is -0.511 e. The molecule has 0 aliphatic heterocycles. The molecule has 2 N–H and O–H groups in total. The Morgan fingerprint density at radius 3 is 2.63 bits per heavy atom. The summed E-state index contributed by atoms with van der Waals surface area (Å²) >= 11 is 0. The average Bonchev–Trinajstić information content (AvgIpc) is 3.10. The Morgan fingerprint density at radius 1 is 1.30 bits per heavy atom. The summed E-state index contributed by atoms with van der Waals surface area (Å²) in [5.74, 6) is 2.00. The molecule has 1 heterocycles. The van der Waals surface area contributed by atoms with Crippen LogP contribution >= 0.6 is 0 Å². The zero-order chi connectivity index (χ0) is 19.3. The van der Waals surface area contributed by atoms with E-state index in [1.54, 1.807) is 0 Å². The standard InChI is InChI=1S/C23H27N3O/c1-13(2)15-5-7-16(8-6-15)22-25-19-10-9-18-14(3)20(27)17(12-24)11-23(18,4)21(19)26-22/h5-8,13-14,18,27H,9-11H2,1-4H3,(H,25,26)/t14-,18-,23-/m1/s1. The van der Waals surface area contributed by atoms with Crippen molar-refractivity contribution in [1.29, 1.82) is 5.26 Å². The van der Waals surface area contributed by atoms with Crippen molar-refractivity contribution in [3.05, 3.63) is 52.5 Å². The number of aromatic amines is 1. The van der Waals surface area contributed by atoms with Crippen molar-refractivity contribution in [3.63, 3.8) is 0 Å². The Bertz CT molecular complexity index is 945. The summed E-state index contributed by atoms with van der Waals surface area (Å²) in [6.07, 6.45) is 2.50. The van der Waals surface area contributed by atoms with Gasteiger partial charge in [0.25, 0.3) is 0 Å². The van der Waals surface area contributed by atoms with E-state index in [4.69, 9.17) is 4.98 Å². The lowest BCUT2D eigenvalue weighted by Crippen LogP contribution is -2.44. The molecule has 0 saturated heterocycles. The maximum Gasteiger partial charge on any atom is 0.137 e. The molecule has 3 atom stereocenters. The Kier molecular flexibility index (Phi) is 4.14. The number of nitrogens with one attached hydrogen (secondary N) is 1. The number of allylic oxidation sites excluding steroid dienone is 2. The van der Waals surface area contributed by atoms with Crippen LogP contribution in [0, 0.1) is 23.2 Å². The molecule has 4 nitrogen and oxygen atoms in total. The van der Waals surface area contributed by atoms with Crippen molar-refractivity contribution in [3.8, 4) is 17.5 Å². The summed E-state index contributed by atoms with van der Waals surface area (Å²) in [6.45, 7) is 8.64. The van der Waals surface area contributed by atoms with E-state index in [1.165, 1.54) is 11.3 Å². The first kappa shape index (κ1) is 17.9. The van der Waals surface area contributed by atoms with Crippen molar-refractivity contribution >= 4 is 0 Å². The normalized spacial score (nSPS) is 27.3. The van der Waals surface area contributed by atoms with Crippen molar-refractivity contribution in [2.24, 2.45) is 11.8 Å². The van der Waals surface area contributed by atoms with Gasteiger partial charge in [-0.3, -0.25) is 0 Å². The number of hydrogen-bond acceptors (Lipinski definition) is 3. The van der Waals surface area contributed by atoms with Crippen LogP contribution in [0.25, 0.3) is 11.4 Å². The number of nitrogens with zero attached hydrogens (tertiary/aromatic N) is 2. The highest BCUT2D eigenvalue weighted by molar-refractivity contribution is 5.58. The third-order valence-electron chi connectivity index (χ3n) is 6.72. The Balaban J connectivity index is 1.75. The number of fused-ring (bicyclic) bond motifs is 3. The summed E-state index contributed by atoms with van der Waals surface area (Å²) < 4.78 is 0. The van der Waals surface area contributed by atoms with Crippen LogP contribution in [0.2, 0.25) is 0 Å². The maximum atomic E-state index is 10.4. The highest BCUT2D eigenvalue weighted by Gasteiger charge is 2.50. The van der Waals surface area contributed by atoms with Crippen molar-refractivity contribution in [2.75, 3.05) is 0 Å². The third kappa shape index (κ3) is 2.68. The molecule has 0 saturated carbocycles. The topological polar surface area (TPSA) is 72.7 Å². The summed E-state index contributed by atoms with van der Waals surface area (Å²) in [5, 5.41) is 19.9. The lowest BCUT2D eigenvalue weighted by molar-refractivity contribution is 0.136. The molecule has 1 aromatic carbocycles. The number of benzene rings is 1. The molecule has 0 fully saturated rings. The second kappa shape index (κ2) is 6.27. The smallest absolute Gasteiger partial charge is 0.137 e. The van der Waals surface area contributed by atoms with Gasteiger partial charge in [-0.25, -0.2) is 4.98 Å². The van der Waals surface area contributed by atoms with Crippen LogP contribution in [0.15, 0.2) is 35.6 Å². The van der Waals surface area contributed by atoms with E-state index >= 15 is 0 Å². The van der Waals surface area contributed by atoms with Crippen molar-refractivity contribution < 1.29 is 5.11 Å². The molecule has 2 aromatic rings. The van der Waals surface area contributed by atoms with E-state index in [0.717, 1.165) is 29.9 Å². The number of aliphatic hydroxyl groups excluding tert-OH is 1. The van der Waals surface area contributed by atoms with Crippen LogP contribution in [-0.2, 0) is 11.8 Å². The lowest BCUT2D eigenvalue weighted by Gasteiger charge is -2.46. The fourth-order valence-corrected chi connectivity index (χ4v) is 5.06. The van der Waals surface area contributed by atoms with Gasteiger partial charge in [-0.05, 0) is 36.7 Å². The van der Waals surface area contributed by atoms with Crippen LogP contribution in [0.3, 0.4) is 0 Å². The second-order valence-corrected chi connectivity index (χ2v) is 8.69. The van der Waals surface area contributed by atoms with Crippen LogP contribution in [0.5, 0.6) is 0 Å². The highest BCUT2D eigenvalue weighted by atomic mass is 16.3. The van der Waals surface area contributed by atoms with Crippen LogP contribution < -0.4 is 0 Å². The van der Waals surface area contributed by atoms with E-state index in [0.29, 0.717) is 23.8 Å². The lowest BCUT2D eigenvalue weighted by atomic mass is 9.57. The van der Waals surface area contributed by atoms with E-state index in [2.05, 4.69) is 56.1 Å². The molecule has 0 bridgehead atoms. The fraction of sp³-hybridized carbons (Fsp3) is 0.478. The number of nitriles is 1. The predicted molar refractivity (Wildman–Crippen MR) is 106 cm³/mol. The van der Waals surface area contributed by atoms with Crippen LogP contribution in [-0.4, -0.2) is 15.1 Å². The van der Waals surface area contributed by atoms with Gasteiger partial charge in [0.1, 0.15) is 11.6 Å². The first-order valence-corrected chi connectivity index (χ1v) is 9.87. The van der Waals surface area contributed by atoms with Gasteiger partial charge in [0, 0.05) is 22.6 Å². The molecule has 0 spiro atoms. The van der Waals surface area contributed by atoms with Crippen LogP contribution in [0.4, 0.5) is 0 Å². The van der Waals surface area contributed by atoms with Gasteiger partial charge in [0.2, 0.25) is 0 Å². The van der Waals surface area contributed by atoms with E-state index in [9.17, 15) is 10.4 Å². The maximum absolute atomic E-state index is 10.4. The van der Waals surface area contributed by atoms with E-state index in [1.807, 2.05) is 6.92 Å². The second-order valence-electron chi connectivity index (χ2n) is 8.69. The molecular weight excluding hydrogens is 334 g/mol. The molecule has 140 valence electrons. The fourth-order valence-electron chi connectivity index (χ4n) is 5.06. The summed E-state index contributed by atoms with van der Waals surface area (Å²) in [5.41, 5.74) is 4.98. The number of aryl methyl sites for hydroxylation is 1. The Morgan fingerprint density at radius 2 is 2.00 bits per heavy atom. The Labute approximate surface area is 161 Å². The van der Waals surface area contributed by atoms with Crippen molar-refractivity contribution in [1.82, 2.24) is 9.97 Å². The van der Waals surface area contributed by atoms with Gasteiger partial charge in [0.15, 0.2) is 0 Å². The SMILES string of the molecule is CC(C)c1ccc(-c2nc3c([nH]2)CC[C@@H]2[C@@H](C)C(O)=C(C#N)C[C@@]32C)cc1. The number of imidazole rings is 1. The first-order valence-electron chi connectivity index (χ1n) is 9.87. The molecular formula is C23H27N3O. The molecule has 4 rings (SSSR count). The molecule has 0 amide bonds. The summed E-state index contributed by atoms with van der Waals surface area (Å²) in [4.78, 5) is 8.55. The van der Waals surface area contributed by atoms with E-state index in [-0.39, 0.29) is 17.1 Å². The minimum atomic E-state index is -0.211. The molecule has 0 unspecified atom stereocenters. The molecule has 2 aliphatic rings. The van der Waals surface area contributed by atoms with Gasteiger partial charge in [0.05, 0.1) is 17.3 Å². The third-order valence-corrected chi connectivity index (χ3v) is 6.72. The zero-order valence-corrected chi connectivity index (χ0v) is 16.5. The quantitative estimate of drug-likeness (QED) is 0.752. The molecule has 1 aromatic heterocycles. The van der Waals surface area contributed by atoms with E-state index < -0.39 is 0 Å². The average molecular weight is 361 g/mol. The van der Waals surface area contributed by atoms with Crippen molar-refractivity contribution in [2.45, 2.75) is 58.3 Å². The first-order chi connectivity index (χ1) is 12.8. The minimum absolute atomic E-state index is 0.00275. The van der Waals surface area contributed by atoms with Crippen LogP contribution in [0.1, 0.15) is 63.4 Å². The zero-order valence-electron chi connectivity index (χ0n) is 16.5. The summed E-state index contributed by atoms with van der Waals surface area (Å²) in [6, 6.07) is 10.8. The molecule has 27 heavy (non-hydrogen) atoms. The highest BCUT2D eigenvalue weighted by Crippen LogP contribution is 2.52. The van der Waals surface area contributed by atoms with Gasteiger partial charge >= 0.3 is 0 Å². The largest absolute Gasteiger partial charge is 0.511 e. The van der Waals surface area contributed by atoms with Gasteiger partial charge in [-0.15, -0.1) is 0 Å².